The zero-order valence-corrected chi connectivity index (χ0v) is 10.7. The van der Waals surface area contributed by atoms with E-state index in [1.54, 1.807) is 0 Å². The first kappa shape index (κ1) is 11.1. The van der Waals surface area contributed by atoms with Crippen molar-refractivity contribution >= 4 is 10.8 Å². The summed E-state index contributed by atoms with van der Waals surface area (Å²) in [4.78, 5) is 0. The van der Waals surface area contributed by atoms with Crippen molar-refractivity contribution in [1.82, 2.24) is 0 Å². The van der Waals surface area contributed by atoms with Crippen LogP contribution in [0.1, 0.15) is 18.4 Å². The van der Waals surface area contributed by atoms with Crippen molar-refractivity contribution < 1.29 is 9.47 Å². The van der Waals surface area contributed by atoms with E-state index in [1.165, 1.54) is 16.3 Å². The van der Waals surface area contributed by atoms with E-state index in [9.17, 15) is 0 Å². The minimum Gasteiger partial charge on any atom is -0.464 e. The average molecular weight is 252 g/mol. The number of fused-ring (bicyclic) bond motifs is 3. The van der Waals surface area contributed by atoms with Crippen LogP contribution in [0.3, 0.4) is 0 Å². The molecule has 96 valence electrons. The lowest BCUT2D eigenvalue weighted by Crippen LogP contribution is -2.31. The third-order valence-corrected chi connectivity index (χ3v) is 4.03. The fourth-order valence-electron chi connectivity index (χ4n) is 2.99. The first-order valence-corrected chi connectivity index (χ1v) is 6.87. The molecule has 0 saturated carbocycles. The molecule has 2 unspecified atom stereocenters. The molecule has 2 aliphatic rings. The molecule has 19 heavy (non-hydrogen) atoms. The lowest BCUT2D eigenvalue weighted by Gasteiger charge is -2.30. The van der Waals surface area contributed by atoms with Gasteiger partial charge in [0.1, 0.15) is 5.75 Å². The maximum absolute atomic E-state index is 6.05. The lowest BCUT2D eigenvalue weighted by atomic mass is 10.0. The fourth-order valence-corrected chi connectivity index (χ4v) is 2.99. The zero-order chi connectivity index (χ0) is 12.7. The molecule has 0 saturated heterocycles. The topological polar surface area (TPSA) is 18.5 Å². The van der Waals surface area contributed by atoms with Crippen LogP contribution in [0.4, 0.5) is 0 Å². The first-order chi connectivity index (χ1) is 9.42. The molecule has 0 aromatic heterocycles. The van der Waals surface area contributed by atoms with E-state index >= 15 is 0 Å². The summed E-state index contributed by atoms with van der Waals surface area (Å²) in [5, 5.41) is 2.48. The average Bonchev–Trinajstić information content (AvgIpc) is 3.01. The highest BCUT2D eigenvalue weighted by atomic mass is 16.7. The zero-order valence-electron chi connectivity index (χ0n) is 10.7. The van der Waals surface area contributed by atoms with E-state index < -0.39 is 0 Å². The Labute approximate surface area is 112 Å². The Kier molecular flexibility index (Phi) is 2.56. The summed E-state index contributed by atoms with van der Waals surface area (Å²) < 4.78 is 12.0. The predicted molar refractivity (Wildman–Crippen MR) is 75.0 cm³/mol. The third kappa shape index (κ3) is 1.83. The summed E-state index contributed by atoms with van der Waals surface area (Å²) >= 11 is 0. The smallest absolute Gasteiger partial charge is 0.206 e. The fraction of sp³-hybridized carbons (Fsp3) is 0.294. The van der Waals surface area contributed by atoms with E-state index in [-0.39, 0.29) is 6.29 Å². The standard InChI is InChI=1S/C17H16O2/c1-2-7-13(6-1)17-18-11-15-14-8-4-3-5-12(14)9-10-16(15)19-17/h1,3-6,8-10,13,17H,2,7,11H2. The van der Waals surface area contributed by atoms with Crippen LogP contribution >= 0.6 is 0 Å². The molecule has 1 aliphatic heterocycles. The summed E-state index contributed by atoms with van der Waals surface area (Å²) in [7, 11) is 0. The molecule has 2 aromatic rings. The van der Waals surface area contributed by atoms with E-state index in [0.29, 0.717) is 12.5 Å². The van der Waals surface area contributed by atoms with Crippen LogP contribution in [-0.4, -0.2) is 6.29 Å². The monoisotopic (exact) mass is 252 g/mol. The van der Waals surface area contributed by atoms with Gasteiger partial charge in [-0.1, -0.05) is 42.5 Å². The third-order valence-electron chi connectivity index (χ3n) is 4.03. The Morgan fingerprint density at radius 3 is 2.89 bits per heavy atom. The molecule has 2 nitrogen and oxygen atoms in total. The number of allylic oxidation sites excluding steroid dienone is 1. The lowest BCUT2D eigenvalue weighted by molar-refractivity contribution is -0.129. The van der Waals surface area contributed by atoms with Gasteiger partial charge in [-0.05, 0) is 29.7 Å². The van der Waals surface area contributed by atoms with Crippen molar-refractivity contribution in [2.45, 2.75) is 25.7 Å². The maximum atomic E-state index is 6.05. The van der Waals surface area contributed by atoms with E-state index in [1.807, 2.05) is 0 Å². The Hall–Kier alpha value is -1.80. The van der Waals surface area contributed by atoms with Gasteiger partial charge in [0.05, 0.1) is 6.61 Å². The molecular formula is C17H16O2. The number of ether oxygens (including phenoxy) is 2. The molecule has 1 heterocycles. The highest BCUT2D eigenvalue weighted by Crippen LogP contribution is 2.36. The normalized spacial score (nSPS) is 25.3. The van der Waals surface area contributed by atoms with Crippen LogP contribution in [-0.2, 0) is 11.3 Å². The van der Waals surface area contributed by atoms with Crippen LogP contribution in [0.2, 0.25) is 0 Å². The molecule has 4 rings (SSSR count). The quantitative estimate of drug-likeness (QED) is 0.713. The van der Waals surface area contributed by atoms with E-state index in [2.05, 4.69) is 48.6 Å². The van der Waals surface area contributed by atoms with Crippen molar-refractivity contribution in [2.24, 2.45) is 5.92 Å². The molecule has 2 heteroatoms. The molecular weight excluding hydrogens is 236 g/mol. The SMILES string of the molecule is C1=CC(C2OCc3c(ccc4ccccc34)O2)CC1. The predicted octanol–water partition coefficient (Wildman–Crippen LogP) is 4.04. The van der Waals surface area contributed by atoms with Crippen LogP contribution in [0.25, 0.3) is 10.8 Å². The second-order valence-corrected chi connectivity index (χ2v) is 5.23. The summed E-state index contributed by atoms with van der Waals surface area (Å²) in [6.45, 7) is 0.645. The van der Waals surface area contributed by atoms with Crippen LogP contribution in [0.15, 0.2) is 48.6 Å². The highest BCUT2D eigenvalue weighted by Gasteiger charge is 2.28. The Balaban J connectivity index is 1.72. The van der Waals surface area contributed by atoms with Crippen molar-refractivity contribution in [1.29, 1.82) is 0 Å². The van der Waals surface area contributed by atoms with Gasteiger partial charge in [-0.3, -0.25) is 0 Å². The molecule has 0 bridgehead atoms. The van der Waals surface area contributed by atoms with Gasteiger partial charge in [-0.2, -0.15) is 0 Å². The Morgan fingerprint density at radius 2 is 2.00 bits per heavy atom. The van der Waals surface area contributed by atoms with Crippen molar-refractivity contribution in [3.8, 4) is 5.75 Å². The van der Waals surface area contributed by atoms with Crippen molar-refractivity contribution in [2.75, 3.05) is 0 Å². The van der Waals surface area contributed by atoms with Crippen molar-refractivity contribution in [3.63, 3.8) is 0 Å². The number of hydrogen-bond acceptors (Lipinski definition) is 2. The van der Waals surface area contributed by atoms with Gasteiger partial charge in [0, 0.05) is 11.5 Å². The maximum Gasteiger partial charge on any atom is 0.206 e. The van der Waals surface area contributed by atoms with Crippen molar-refractivity contribution in [3.05, 3.63) is 54.1 Å². The summed E-state index contributed by atoms with van der Waals surface area (Å²) in [6.07, 6.45) is 6.59. The number of benzene rings is 2. The van der Waals surface area contributed by atoms with Crippen LogP contribution in [0, 0.1) is 5.92 Å². The van der Waals surface area contributed by atoms with Gasteiger partial charge in [0.15, 0.2) is 0 Å². The first-order valence-electron chi connectivity index (χ1n) is 6.87. The Morgan fingerprint density at radius 1 is 1.05 bits per heavy atom. The Bertz CT molecular complexity index is 645. The molecule has 1 aliphatic carbocycles. The minimum absolute atomic E-state index is 0.118. The van der Waals surface area contributed by atoms with Gasteiger partial charge in [0.25, 0.3) is 0 Å². The van der Waals surface area contributed by atoms with Crippen LogP contribution in [0.5, 0.6) is 5.75 Å². The van der Waals surface area contributed by atoms with Gasteiger partial charge in [-0.15, -0.1) is 0 Å². The second-order valence-electron chi connectivity index (χ2n) is 5.23. The molecule has 0 radical (unpaired) electrons. The molecule has 0 spiro atoms. The summed E-state index contributed by atoms with van der Waals surface area (Å²) in [6, 6.07) is 12.6. The molecule has 0 N–H and O–H groups in total. The number of rotatable bonds is 1. The van der Waals surface area contributed by atoms with Gasteiger partial charge in [0.2, 0.25) is 6.29 Å². The molecule has 0 fully saturated rings. The molecule has 2 aromatic carbocycles. The second kappa shape index (κ2) is 4.39. The van der Waals surface area contributed by atoms with Gasteiger partial charge >= 0.3 is 0 Å². The molecule has 0 amide bonds. The van der Waals surface area contributed by atoms with E-state index in [0.717, 1.165) is 18.6 Å². The van der Waals surface area contributed by atoms with Crippen LogP contribution < -0.4 is 4.74 Å². The van der Waals surface area contributed by atoms with E-state index in [4.69, 9.17) is 9.47 Å². The van der Waals surface area contributed by atoms with Gasteiger partial charge < -0.3 is 9.47 Å². The van der Waals surface area contributed by atoms with Gasteiger partial charge in [-0.25, -0.2) is 0 Å². The molecule has 2 atom stereocenters. The minimum atomic E-state index is -0.118. The summed E-state index contributed by atoms with van der Waals surface area (Å²) in [5.74, 6) is 1.38. The summed E-state index contributed by atoms with van der Waals surface area (Å²) in [5.41, 5.74) is 1.18. The number of hydrogen-bond donors (Lipinski definition) is 0. The highest BCUT2D eigenvalue weighted by molar-refractivity contribution is 5.87. The largest absolute Gasteiger partial charge is 0.464 e.